The van der Waals surface area contributed by atoms with E-state index in [1.54, 1.807) is 24.1 Å². The Morgan fingerprint density at radius 2 is 2.14 bits per heavy atom. The first-order chi connectivity index (χ1) is 10.6. The van der Waals surface area contributed by atoms with Crippen LogP contribution in [0.3, 0.4) is 0 Å². The van der Waals surface area contributed by atoms with E-state index in [1.807, 2.05) is 11.4 Å². The number of nitriles is 1. The third kappa shape index (κ3) is 4.64. The normalized spacial score (nSPS) is 10.2. The number of hydrogen-bond acceptors (Lipinski definition) is 4. The van der Waals surface area contributed by atoms with Gasteiger partial charge in [0.2, 0.25) is 5.91 Å². The number of rotatable bonds is 6. The van der Waals surface area contributed by atoms with Gasteiger partial charge in [-0.05, 0) is 17.7 Å². The smallest absolute Gasteiger partial charge is 0.228 e. The van der Waals surface area contributed by atoms with Gasteiger partial charge >= 0.3 is 0 Å². The fraction of sp³-hybridized carbons (Fsp3) is 0.312. The second kappa shape index (κ2) is 7.66. The van der Waals surface area contributed by atoms with Gasteiger partial charge in [0, 0.05) is 25.4 Å². The van der Waals surface area contributed by atoms with Crippen molar-refractivity contribution >= 4 is 17.2 Å². The average molecular weight is 317 g/mol. The summed E-state index contributed by atoms with van der Waals surface area (Å²) in [7, 11) is 1.69. The van der Waals surface area contributed by atoms with Crippen molar-refractivity contribution in [2.45, 2.75) is 19.3 Å². The van der Waals surface area contributed by atoms with Crippen LogP contribution in [-0.2, 0) is 17.6 Å². The highest BCUT2D eigenvalue weighted by Gasteiger charge is 2.12. The fourth-order valence-electron chi connectivity index (χ4n) is 1.92. The molecule has 0 radical (unpaired) electrons. The zero-order valence-corrected chi connectivity index (χ0v) is 13.1. The van der Waals surface area contributed by atoms with Crippen LogP contribution in [0.4, 0.5) is 4.39 Å². The van der Waals surface area contributed by atoms with E-state index in [1.165, 1.54) is 23.5 Å². The van der Waals surface area contributed by atoms with Crippen molar-refractivity contribution < 1.29 is 9.18 Å². The van der Waals surface area contributed by atoms with E-state index in [0.29, 0.717) is 19.4 Å². The maximum atomic E-state index is 12.9. The van der Waals surface area contributed by atoms with E-state index in [-0.39, 0.29) is 18.1 Å². The molecule has 0 aliphatic heterocycles. The highest BCUT2D eigenvalue weighted by molar-refractivity contribution is 7.09. The van der Waals surface area contributed by atoms with Crippen LogP contribution in [0.15, 0.2) is 29.6 Å². The molecule has 0 saturated heterocycles. The lowest BCUT2D eigenvalue weighted by atomic mass is 10.1. The lowest BCUT2D eigenvalue weighted by Crippen LogP contribution is -2.29. The molecule has 114 valence electrons. The monoisotopic (exact) mass is 317 g/mol. The lowest BCUT2D eigenvalue weighted by Gasteiger charge is -2.14. The van der Waals surface area contributed by atoms with Crippen molar-refractivity contribution in [3.8, 4) is 6.07 Å². The number of amides is 1. The van der Waals surface area contributed by atoms with Crippen LogP contribution in [0.5, 0.6) is 0 Å². The summed E-state index contributed by atoms with van der Waals surface area (Å²) in [6, 6.07) is 8.34. The van der Waals surface area contributed by atoms with Gasteiger partial charge < -0.3 is 4.90 Å². The molecule has 0 aliphatic rings. The Labute approximate surface area is 132 Å². The van der Waals surface area contributed by atoms with E-state index in [0.717, 1.165) is 16.3 Å². The first-order valence-corrected chi connectivity index (χ1v) is 7.75. The predicted octanol–water partition coefficient (Wildman–Crippen LogP) is 2.79. The van der Waals surface area contributed by atoms with Crippen LogP contribution in [0, 0.1) is 17.1 Å². The first kappa shape index (κ1) is 16.1. The van der Waals surface area contributed by atoms with Crippen molar-refractivity contribution in [3.05, 3.63) is 51.7 Å². The number of aromatic nitrogens is 1. The van der Waals surface area contributed by atoms with Crippen molar-refractivity contribution in [1.29, 1.82) is 5.26 Å². The number of carbonyl (C=O) groups excluding carboxylic acids is 1. The maximum absolute atomic E-state index is 12.9. The largest absolute Gasteiger partial charge is 0.344 e. The zero-order valence-electron chi connectivity index (χ0n) is 12.3. The summed E-state index contributed by atoms with van der Waals surface area (Å²) in [6.45, 7) is 0.432. The van der Waals surface area contributed by atoms with Crippen molar-refractivity contribution in [1.82, 2.24) is 9.88 Å². The third-order valence-electron chi connectivity index (χ3n) is 3.19. The number of nitrogens with zero attached hydrogens (tertiary/aromatic N) is 3. The minimum atomic E-state index is -0.255. The minimum absolute atomic E-state index is 0.0473. The van der Waals surface area contributed by atoms with Gasteiger partial charge in [-0.1, -0.05) is 12.1 Å². The van der Waals surface area contributed by atoms with E-state index in [4.69, 9.17) is 5.26 Å². The summed E-state index contributed by atoms with van der Waals surface area (Å²) in [5.41, 5.74) is 1.72. The summed E-state index contributed by atoms with van der Waals surface area (Å²) in [5, 5.41) is 11.3. The van der Waals surface area contributed by atoms with Gasteiger partial charge in [-0.15, -0.1) is 11.3 Å². The summed E-state index contributed by atoms with van der Waals surface area (Å²) in [4.78, 5) is 17.9. The molecule has 1 amide bonds. The SMILES string of the molecule is CN(CCC#N)C(=O)Cc1csc(Cc2ccc(F)cc2)n1. The number of halogens is 1. The van der Waals surface area contributed by atoms with Crippen LogP contribution in [0.1, 0.15) is 22.7 Å². The Morgan fingerprint density at radius 1 is 1.41 bits per heavy atom. The second-order valence-electron chi connectivity index (χ2n) is 4.94. The molecule has 0 unspecified atom stereocenters. The fourth-order valence-corrected chi connectivity index (χ4v) is 2.75. The highest BCUT2D eigenvalue weighted by Crippen LogP contribution is 2.16. The molecule has 0 bridgehead atoms. The van der Waals surface area contributed by atoms with Crippen LogP contribution < -0.4 is 0 Å². The Kier molecular flexibility index (Phi) is 5.61. The minimum Gasteiger partial charge on any atom is -0.344 e. The van der Waals surface area contributed by atoms with Crippen molar-refractivity contribution in [2.75, 3.05) is 13.6 Å². The van der Waals surface area contributed by atoms with Crippen LogP contribution in [0.2, 0.25) is 0 Å². The standard InChI is InChI=1S/C16H16FN3OS/c1-20(8-2-7-18)16(21)10-14-11-22-15(19-14)9-12-3-5-13(17)6-4-12/h3-6,11H,2,8-10H2,1H3. The Morgan fingerprint density at radius 3 is 2.82 bits per heavy atom. The number of hydrogen-bond donors (Lipinski definition) is 0. The Bertz CT molecular complexity index is 675. The zero-order chi connectivity index (χ0) is 15.9. The second-order valence-corrected chi connectivity index (χ2v) is 5.88. The Hall–Kier alpha value is -2.26. The first-order valence-electron chi connectivity index (χ1n) is 6.87. The molecule has 22 heavy (non-hydrogen) atoms. The number of likely N-dealkylation sites (N-methyl/N-ethyl adjacent to an activating group) is 1. The molecule has 1 aromatic carbocycles. The van der Waals surface area contributed by atoms with Gasteiger partial charge in [-0.25, -0.2) is 9.37 Å². The summed E-state index contributed by atoms with van der Waals surface area (Å²) < 4.78 is 12.9. The molecule has 2 rings (SSSR count). The molecule has 0 N–H and O–H groups in total. The van der Waals surface area contributed by atoms with Crippen molar-refractivity contribution in [3.63, 3.8) is 0 Å². The van der Waals surface area contributed by atoms with Gasteiger partial charge in [0.15, 0.2) is 0 Å². The maximum Gasteiger partial charge on any atom is 0.228 e. The molecule has 2 aromatic rings. The molecule has 0 fully saturated rings. The van der Waals surface area contributed by atoms with Gasteiger partial charge in [0.05, 0.1) is 29.6 Å². The summed E-state index contributed by atoms with van der Waals surface area (Å²) >= 11 is 1.49. The third-order valence-corrected chi connectivity index (χ3v) is 4.08. The van der Waals surface area contributed by atoms with Gasteiger partial charge in [-0.3, -0.25) is 4.79 Å². The van der Waals surface area contributed by atoms with E-state index in [2.05, 4.69) is 4.98 Å². The number of thiazole rings is 1. The molecule has 6 heteroatoms. The molecular formula is C16H16FN3OS. The average Bonchev–Trinajstić information content (AvgIpc) is 2.94. The van der Waals surface area contributed by atoms with Crippen LogP contribution >= 0.6 is 11.3 Å². The number of benzene rings is 1. The molecule has 1 aromatic heterocycles. The lowest BCUT2D eigenvalue weighted by molar-refractivity contribution is -0.129. The van der Waals surface area contributed by atoms with Gasteiger partial charge in [-0.2, -0.15) is 5.26 Å². The summed E-state index contributed by atoms with van der Waals surface area (Å²) in [6.07, 6.45) is 1.19. The van der Waals surface area contributed by atoms with E-state index < -0.39 is 0 Å². The molecular weight excluding hydrogens is 301 g/mol. The predicted molar refractivity (Wildman–Crippen MR) is 82.9 cm³/mol. The van der Waals surface area contributed by atoms with Gasteiger partial charge in [0.1, 0.15) is 5.82 Å². The quantitative estimate of drug-likeness (QED) is 0.823. The summed E-state index contributed by atoms with van der Waals surface area (Å²) in [5.74, 6) is -0.302. The number of carbonyl (C=O) groups is 1. The van der Waals surface area contributed by atoms with Crippen molar-refractivity contribution in [2.24, 2.45) is 0 Å². The topological polar surface area (TPSA) is 57.0 Å². The molecule has 1 heterocycles. The highest BCUT2D eigenvalue weighted by atomic mass is 32.1. The molecule has 0 saturated carbocycles. The molecule has 4 nitrogen and oxygen atoms in total. The molecule has 0 aliphatic carbocycles. The van der Waals surface area contributed by atoms with Gasteiger partial charge in [0.25, 0.3) is 0 Å². The van der Waals surface area contributed by atoms with Crippen LogP contribution in [0.25, 0.3) is 0 Å². The molecule has 0 atom stereocenters. The Balaban J connectivity index is 1.92. The van der Waals surface area contributed by atoms with E-state index in [9.17, 15) is 9.18 Å². The van der Waals surface area contributed by atoms with E-state index >= 15 is 0 Å². The molecule has 0 spiro atoms. The van der Waals surface area contributed by atoms with Crippen LogP contribution in [-0.4, -0.2) is 29.4 Å².